The number of hydrogen-bond donors (Lipinski definition) is 1. The number of nitrogens with zero attached hydrogens (tertiary/aromatic N) is 1. The fraction of sp³-hybridized carbons (Fsp3) is 1.00. The minimum atomic E-state index is -0.819. The molecule has 0 radical (unpaired) electrons. The Morgan fingerprint density at radius 2 is 2.55 bits per heavy atom. The van der Waals surface area contributed by atoms with Crippen LogP contribution in [0.3, 0.4) is 0 Å². The smallest absolute Gasteiger partial charge is 0.232 e. The van der Waals surface area contributed by atoms with E-state index in [9.17, 15) is 10.1 Å². The van der Waals surface area contributed by atoms with Crippen molar-refractivity contribution in [2.24, 2.45) is 0 Å². The predicted molar refractivity (Wildman–Crippen MR) is 36.6 cm³/mol. The second-order valence-corrected chi connectivity index (χ2v) is 3.05. The maximum absolute atomic E-state index is 10.1. The zero-order chi connectivity index (χ0) is 8.48. The summed E-state index contributed by atoms with van der Waals surface area (Å²) in [5.41, 5.74) is -0.761. The van der Waals surface area contributed by atoms with E-state index in [0.717, 1.165) is 0 Å². The van der Waals surface area contributed by atoms with Crippen LogP contribution in [0.4, 0.5) is 0 Å². The van der Waals surface area contributed by atoms with Crippen molar-refractivity contribution in [2.45, 2.75) is 31.7 Å². The molecule has 1 aliphatic rings. The van der Waals surface area contributed by atoms with E-state index in [-0.39, 0.29) is 6.54 Å². The van der Waals surface area contributed by atoms with E-state index in [0.29, 0.717) is 12.8 Å². The first-order valence-corrected chi connectivity index (χ1v) is 3.49. The lowest BCUT2D eigenvalue weighted by Gasteiger charge is -2.17. The lowest BCUT2D eigenvalue weighted by molar-refractivity contribution is -0.501. The van der Waals surface area contributed by atoms with Gasteiger partial charge in [-0.15, -0.1) is 0 Å². The summed E-state index contributed by atoms with van der Waals surface area (Å²) in [5.74, 6) is 0. The number of nitro groups is 1. The van der Waals surface area contributed by atoms with Gasteiger partial charge in [0, 0.05) is 11.3 Å². The lowest BCUT2D eigenvalue weighted by Crippen LogP contribution is -2.33. The molecule has 0 aromatic rings. The molecule has 0 amide bonds. The van der Waals surface area contributed by atoms with Gasteiger partial charge in [0.05, 0.1) is 0 Å². The van der Waals surface area contributed by atoms with E-state index < -0.39 is 16.8 Å². The standard InChI is InChI=1S/C6H11NO4/c1-6(4-7(9)10)3-2-5(8)11-6/h5,8H,2-4H2,1H3. The van der Waals surface area contributed by atoms with Gasteiger partial charge in [-0.1, -0.05) is 0 Å². The van der Waals surface area contributed by atoms with Crippen molar-refractivity contribution < 1.29 is 14.8 Å². The van der Waals surface area contributed by atoms with Gasteiger partial charge in [0.25, 0.3) is 0 Å². The van der Waals surface area contributed by atoms with E-state index in [1.807, 2.05) is 0 Å². The van der Waals surface area contributed by atoms with Crippen LogP contribution in [0.15, 0.2) is 0 Å². The van der Waals surface area contributed by atoms with Crippen molar-refractivity contribution in [1.82, 2.24) is 0 Å². The Balaban J connectivity index is 2.48. The Hall–Kier alpha value is -0.680. The minimum Gasteiger partial charge on any atom is -0.368 e. The molecule has 1 rings (SSSR count). The van der Waals surface area contributed by atoms with Gasteiger partial charge >= 0.3 is 0 Å². The number of hydrogen-bond acceptors (Lipinski definition) is 4. The second kappa shape index (κ2) is 2.75. The monoisotopic (exact) mass is 161 g/mol. The molecule has 1 N–H and O–H groups in total. The van der Waals surface area contributed by atoms with Gasteiger partial charge in [-0.25, -0.2) is 0 Å². The topological polar surface area (TPSA) is 72.6 Å². The normalized spacial score (nSPS) is 37.5. The molecule has 11 heavy (non-hydrogen) atoms. The molecule has 0 aromatic carbocycles. The van der Waals surface area contributed by atoms with Crippen LogP contribution in [-0.2, 0) is 4.74 Å². The molecule has 1 heterocycles. The van der Waals surface area contributed by atoms with Gasteiger partial charge in [-0.05, 0) is 13.3 Å². The Bertz CT molecular complexity index is 172. The van der Waals surface area contributed by atoms with E-state index >= 15 is 0 Å². The first-order chi connectivity index (χ1) is 5.02. The van der Waals surface area contributed by atoms with Crippen LogP contribution in [0.25, 0.3) is 0 Å². The maximum Gasteiger partial charge on any atom is 0.232 e. The van der Waals surface area contributed by atoms with E-state index in [1.54, 1.807) is 6.92 Å². The predicted octanol–water partition coefficient (Wildman–Crippen LogP) is 0.151. The Morgan fingerprint density at radius 1 is 1.91 bits per heavy atom. The highest BCUT2D eigenvalue weighted by molar-refractivity contribution is 4.80. The van der Waals surface area contributed by atoms with Crippen molar-refractivity contribution in [3.05, 3.63) is 10.1 Å². The number of aliphatic hydroxyl groups is 1. The molecular weight excluding hydrogens is 150 g/mol. The minimum absolute atomic E-state index is 0.232. The molecule has 2 unspecified atom stereocenters. The van der Waals surface area contributed by atoms with Crippen LogP contribution in [0.5, 0.6) is 0 Å². The molecule has 1 aliphatic heterocycles. The maximum atomic E-state index is 10.1. The van der Waals surface area contributed by atoms with Crippen LogP contribution in [-0.4, -0.2) is 28.5 Å². The van der Waals surface area contributed by atoms with Crippen molar-refractivity contribution >= 4 is 0 Å². The van der Waals surface area contributed by atoms with E-state index in [4.69, 9.17) is 9.84 Å². The van der Waals surface area contributed by atoms with Gasteiger partial charge in [0.1, 0.15) is 5.60 Å². The molecule has 0 aromatic heterocycles. The van der Waals surface area contributed by atoms with E-state index in [2.05, 4.69) is 0 Å². The molecule has 0 aliphatic carbocycles. The summed E-state index contributed by atoms with van der Waals surface area (Å²) in [6.07, 6.45) is 0.222. The van der Waals surface area contributed by atoms with Gasteiger partial charge in [-0.2, -0.15) is 0 Å². The molecule has 0 spiro atoms. The average molecular weight is 161 g/mol. The molecule has 0 bridgehead atoms. The highest BCUT2D eigenvalue weighted by atomic mass is 16.6. The van der Waals surface area contributed by atoms with Crippen molar-refractivity contribution in [3.63, 3.8) is 0 Å². The fourth-order valence-electron chi connectivity index (χ4n) is 1.26. The zero-order valence-electron chi connectivity index (χ0n) is 6.32. The Labute approximate surface area is 64.1 Å². The van der Waals surface area contributed by atoms with Crippen LogP contribution >= 0.6 is 0 Å². The number of aliphatic hydroxyl groups excluding tert-OH is 1. The summed E-state index contributed by atoms with van der Waals surface area (Å²) >= 11 is 0. The Morgan fingerprint density at radius 3 is 2.91 bits per heavy atom. The number of ether oxygens (including phenoxy) is 1. The third-order valence-corrected chi connectivity index (χ3v) is 1.80. The summed E-state index contributed by atoms with van der Waals surface area (Å²) in [6, 6.07) is 0. The summed E-state index contributed by atoms with van der Waals surface area (Å²) < 4.78 is 4.97. The molecule has 0 saturated carbocycles. The van der Waals surface area contributed by atoms with Crippen LogP contribution in [0, 0.1) is 10.1 Å². The van der Waals surface area contributed by atoms with Gasteiger partial charge in [0.15, 0.2) is 6.29 Å². The van der Waals surface area contributed by atoms with Gasteiger partial charge < -0.3 is 9.84 Å². The first-order valence-electron chi connectivity index (χ1n) is 3.49. The van der Waals surface area contributed by atoms with Crippen molar-refractivity contribution in [3.8, 4) is 0 Å². The first kappa shape index (κ1) is 8.42. The molecular formula is C6H11NO4. The molecule has 5 heteroatoms. The quantitative estimate of drug-likeness (QED) is 0.462. The summed E-state index contributed by atoms with van der Waals surface area (Å²) in [7, 11) is 0. The highest BCUT2D eigenvalue weighted by Gasteiger charge is 2.39. The van der Waals surface area contributed by atoms with Crippen LogP contribution in [0.1, 0.15) is 19.8 Å². The van der Waals surface area contributed by atoms with Crippen molar-refractivity contribution in [2.75, 3.05) is 6.54 Å². The SMILES string of the molecule is CC1(C[N+](=O)[O-])CCC(O)O1. The second-order valence-electron chi connectivity index (χ2n) is 3.05. The number of rotatable bonds is 2. The third-order valence-electron chi connectivity index (χ3n) is 1.80. The third kappa shape index (κ3) is 2.13. The Kier molecular flexibility index (Phi) is 2.10. The fourth-order valence-corrected chi connectivity index (χ4v) is 1.26. The largest absolute Gasteiger partial charge is 0.368 e. The van der Waals surface area contributed by atoms with Gasteiger partial charge in [0.2, 0.25) is 6.54 Å². The molecule has 5 nitrogen and oxygen atoms in total. The summed E-state index contributed by atoms with van der Waals surface area (Å²) in [5, 5.41) is 19.0. The van der Waals surface area contributed by atoms with E-state index in [1.165, 1.54) is 0 Å². The molecule has 1 saturated heterocycles. The van der Waals surface area contributed by atoms with Crippen molar-refractivity contribution in [1.29, 1.82) is 0 Å². The average Bonchev–Trinajstić information content (AvgIpc) is 2.08. The zero-order valence-corrected chi connectivity index (χ0v) is 6.32. The molecule has 2 atom stereocenters. The molecule has 1 fully saturated rings. The van der Waals surface area contributed by atoms with Gasteiger partial charge in [-0.3, -0.25) is 10.1 Å². The molecule has 64 valence electrons. The summed E-state index contributed by atoms with van der Waals surface area (Å²) in [6.45, 7) is 1.41. The van der Waals surface area contributed by atoms with Crippen LogP contribution in [0.2, 0.25) is 0 Å². The van der Waals surface area contributed by atoms with Crippen LogP contribution < -0.4 is 0 Å². The lowest BCUT2D eigenvalue weighted by atomic mass is 10.0. The summed E-state index contributed by atoms with van der Waals surface area (Å²) in [4.78, 5) is 9.69. The highest BCUT2D eigenvalue weighted by Crippen LogP contribution is 2.28.